The van der Waals surface area contributed by atoms with Crippen LogP contribution in [0.15, 0.2) is 18.2 Å². The van der Waals surface area contributed by atoms with Crippen molar-refractivity contribution in [3.8, 4) is 11.8 Å². The molecule has 0 N–H and O–H groups in total. The maximum atomic E-state index is 9.21. The molecule has 2 atom stereocenters. The summed E-state index contributed by atoms with van der Waals surface area (Å²) in [5.41, 5.74) is 2.60. The molecule has 2 heterocycles. The second kappa shape index (κ2) is 5.22. The Labute approximate surface area is 114 Å². The maximum Gasteiger partial charge on any atom is 0.123 e. The van der Waals surface area contributed by atoms with Crippen molar-refractivity contribution in [3.05, 3.63) is 29.3 Å². The Morgan fingerprint density at radius 1 is 1.42 bits per heavy atom. The fourth-order valence-electron chi connectivity index (χ4n) is 3.17. The molecule has 2 aliphatic heterocycles. The van der Waals surface area contributed by atoms with Crippen LogP contribution in [0.5, 0.6) is 5.75 Å². The molecule has 0 radical (unpaired) electrons. The summed E-state index contributed by atoms with van der Waals surface area (Å²) in [7, 11) is 0. The molecule has 1 aromatic carbocycles. The van der Waals surface area contributed by atoms with Crippen LogP contribution < -0.4 is 4.74 Å². The van der Waals surface area contributed by atoms with Gasteiger partial charge in [-0.05, 0) is 44.4 Å². The molecule has 0 spiro atoms. The van der Waals surface area contributed by atoms with Crippen LogP contribution in [0.3, 0.4) is 0 Å². The predicted octanol–water partition coefficient (Wildman–Crippen LogP) is 2.68. The van der Waals surface area contributed by atoms with E-state index in [1.54, 1.807) is 0 Å². The smallest absolute Gasteiger partial charge is 0.123 e. The lowest BCUT2D eigenvalue weighted by Crippen LogP contribution is -2.44. The molecule has 0 bridgehead atoms. The molecule has 3 rings (SSSR count). The predicted molar refractivity (Wildman–Crippen MR) is 74.1 cm³/mol. The molecular formula is C16H20N2O. The van der Waals surface area contributed by atoms with Crippen LogP contribution >= 0.6 is 0 Å². The Kier molecular flexibility index (Phi) is 3.44. The van der Waals surface area contributed by atoms with Crippen LogP contribution in [0.1, 0.15) is 30.4 Å². The SMILES string of the molecule is Cc1ccc2c(c1)CC(CN1CCCCC1C#N)O2. The minimum absolute atomic E-state index is 0.0859. The molecule has 3 heteroatoms. The van der Waals surface area contributed by atoms with Crippen LogP contribution in [0.2, 0.25) is 0 Å². The molecule has 100 valence electrons. The van der Waals surface area contributed by atoms with Crippen molar-refractivity contribution in [2.45, 2.75) is 44.8 Å². The summed E-state index contributed by atoms with van der Waals surface area (Å²) in [6.45, 7) is 4.03. The van der Waals surface area contributed by atoms with Crippen LogP contribution in [0, 0.1) is 18.3 Å². The first kappa shape index (κ1) is 12.5. The van der Waals surface area contributed by atoms with Crippen molar-refractivity contribution in [3.63, 3.8) is 0 Å². The van der Waals surface area contributed by atoms with Crippen LogP contribution in [0.4, 0.5) is 0 Å². The van der Waals surface area contributed by atoms with Gasteiger partial charge in [-0.25, -0.2) is 0 Å². The van der Waals surface area contributed by atoms with E-state index in [0.717, 1.165) is 31.7 Å². The van der Waals surface area contributed by atoms with Gasteiger partial charge in [-0.2, -0.15) is 5.26 Å². The third kappa shape index (κ3) is 2.59. The average Bonchev–Trinajstić information content (AvgIpc) is 2.80. The van der Waals surface area contributed by atoms with Gasteiger partial charge in [-0.1, -0.05) is 17.7 Å². The number of nitriles is 1. The van der Waals surface area contributed by atoms with Crippen molar-refractivity contribution >= 4 is 0 Å². The summed E-state index contributed by atoms with van der Waals surface area (Å²) in [4.78, 5) is 2.30. The van der Waals surface area contributed by atoms with Crippen molar-refractivity contribution in [1.82, 2.24) is 4.90 Å². The molecular weight excluding hydrogens is 236 g/mol. The highest BCUT2D eigenvalue weighted by Gasteiger charge is 2.29. The number of likely N-dealkylation sites (tertiary alicyclic amines) is 1. The third-order valence-electron chi connectivity index (χ3n) is 4.16. The summed E-state index contributed by atoms with van der Waals surface area (Å²) >= 11 is 0. The Balaban J connectivity index is 1.65. The number of benzene rings is 1. The van der Waals surface area contributed by atoms with Gasteiger partial charge >= 0.3 is 0 Å². The molecule has 1 saturated heterocycles. The van der Waals surface area contributed by atoms with Gasteiger partial charge in [0.05, 0.1) is 12.1 Å². The number of hydrogen-bond acceptors (Lipinski definition) is 3. The third-order valence-corrected chi connectivity index (χ3v) is 4.16. The number of fused-ring (bicyclic) bond motifs is 1. The fourth-order valence-corrected chi connectivity index (χ4v) is 3.17. The Morgan fingerprint density at radius 3 is 3.16 bits per heavy atom. The first-order valence-electron chi connectivity index (χ1n) is 7.16. The molecule has 3 nitrogen and oxygen atoms in total. The van der Waals surface area contributed by atoms with Gasteiger partial charge in [0.1, 0.15) is 11.9 Å². The monoisotopic (exact) mass is 256 g/mol. The number of aryl methyl sites for hydroxylation is 1. The summed E-state index contributed by atoms with van der Waals surface area (Å²) < 4.78 is 6.01. The van der Waals surface area contributed by atoms with Crippen LogP contribution in [-0.4, -0.2) is 30.1 Å². The van der Waals surface area contributed by atoms with Crippen molar-refractivity contribution in [2.24, 2.45) is 0 Å². The standard InChI is InChI=1S/C16H20N2O/c1-12-5-6-16-13(8-12)9-15(19-16)11-18-7-3-2-4-14(18)10-17/h5-6,8,14-15H,2-4,7,9,11H2,1H3. The zero-order valence-corrected chi connectivity index (χ0v) is 11.4. The largest absolute Gasteiger partial charge is 0.488 e. The van der Waals surface area contributed by atoms with Gasteiger partial charge in [0.2, 0.25) is 0 Å². The van der Waals surface area contributed by atoms with E-state index in [2.05, 4.69) is 36.1 Å². The Morgan fingerprint density at radius 2 is 2.32 bits per heavy atom. The van der Waals surface area contributed by atoms with E-state index < -0.39 is 0 Å². The molecule has 2 aliphatic rings. The summed E-state index contributed by atoms with van der Waals surface area (Å²) in [6.07, 6.45) is 4.59. The van der Waals surface area contributed by atoms with Gasteiger partial charge < -0.3 is 4.74 Å². The highest BCUT2D eigenvalue weighted by Crippen LogP contribution is 2.30. The van der Waals surface area contributed by atoms with Gasteiger partial charge in [-0.3, -0.25) is 4.90 Å². The van der Waals surface area contributed by atoms with Crippen LogP contribution in [0.25, 0.3) is 0 Å². The molecule has 1 fully saturated rings. The first-order chi connectivity index (χ1) is 9.26. The van der Waals surface area contributed by atoms with E-state index >= 15 is 0 Å². The number of rotatable bonds is 2. The van der Waals surface area contributed by atoms with E-state index in [-0.39, 0.29) is 12.1 Å². The van der Waals surface area contributed by atoms with Gasteiger partial charge in [0, 0.05) is 13.0 Å². The minimum atomic E-state index is 0.0859. The molecule has 2 unspecified atom stereocenters. The van der Waals surface area contributed by atoms with Crippen molar-refractivity contribution in [1.29, 1.82) is 5.26 Å². The zero-order chi connectivity index (χ0) is 13.2. The van der Waals surface area contributed by atoms with E-state index in [9.17, 15) is 5.26 Å². The summed E-state index contributed by atoms with van der Waals surface area (Å²) in [5, 5.41) is 9.21. The quantitative estimate of drug-likeness (QED) is 0.816. The maximum absolute atomic E-state index is 9.21. The molecule has 0 amide bonds. The fraction of sp³-hybridized carbons (Fsp3) is 0.562. The van der Waals surface area contributed by atoms with E-state index in [0.29, 0.717) is 0 Å². The Hall–Kier alpha value is -1.53. The van der Waals surface area contributed by atoms with E-state index in [1.807, 2.05) is 0 Å². The lowest BCUT2D eigenvalue weighted by Gasteiger charge is -2.32. The topological polar surface area (TPSA) is 36.3 Å². The minimum Gasteiger partial charge on any atom is -0.488 e. The molecule has 0 aromatic heterocycles. The zero-order valence-electron chi connectivity index (χ0n) is 11.4. The lowest BCUT2D eigenvalue weighted by atomic mass is 10.0. The second-order valence-corrected chi connectivity index (χ2v) is 5.69. The van der Waals surface area contributed by atoms with Crippen LogP contribution in [-0.2, 0) is 6.42 Å². The molecule has 0 aliphatic carbocycles. The molecule has 19 heavy (non-hydrogen) atoms. The number of ether oxygens (including phenoxy) is 1. The summed E-state index contributed by atoms with van der Waals surface area (Å²) in [5.74, 6) is 1.03. The van der Waals surface area contributed by atoms with Gasteiger partial charge in [0.15, 0.2) is 0 Å². The first-order valence-corrected chi connectivity index (χ1v) is 7.16. The highest BCUT2D eigenvalue weighted by molar-refractivity contribution is 5.40. The highest BCUT2D eigenvalue weighted by atomic mass is 16.5. The average molecular weight is 256 g/mol. The summed E-state index contributed by atoms with van der Waals surface area (Å²) in [6, 6.07) is 8.90. The lowest BCUT2D eigenvalue weighted by molar-refractivity contribution is 0.111. The van der Waals surface area contributed by atoms with Crippen molar-refractivity contribution in [2.75, 3.05) is 13.1 Å². The van der Waals surface area contributed by atoms with Gasteiger partial charge in [-0.15, -0.1) is 0 Å². The van der Waals surface area contributed by atoms with E-state index in [1.165, 1.54) is 24.0 Å². The van der Waals surface area contributed by atoms with Crippen molar-refractivity contribution < 1.29 is 4.74 Å². The molecule has 1 aromatic rings. The number of nitrogens with zero attached hydrogens (tertiary/aromatic N) is 2. The normalized spacial score (nSPS) is 26.5. The number of piperidine rings is 1. The number of hydrogen-bond donors (Lipinski definition) is 0. The second-order valence-electron chi connectivity index (χ2n) is 5.69. The van der Waals surface area contributed by atoms with Gasteiger partial charge in [0.25, 0.3) is 0 Å². The Bertz CT molecular complexity index is 506. The van der Waals surface area contributed by atoms with E-state index in [4.69, 9.17) is 4.74 Å². The molecule has 0 saturated carbocycles.